The first kappa shape index (κ1) is 19.2. The predicted molar refractivity (Wildman–Crippen MR) is 106 cm³/mol. The summed E-state index contributed by atoms with van der Waals surface area (Å²) in [5, 5.41) is 3.00. The quantitative estimate of drug-likeness (QED) is 0.776. The number of carbonyl (C=O) groups is 1. The molecule has 0 saturated carbocycles. The Morgan fingerprint density at radius 1 is 1.04 bits per heavy atom. The van der Waals surface area contributed by atoms with Crippen LogP contribution < -0.4 is 14.8 Å². The molecule has 144 valence electrons. The van der Waals surface area contributed by atoms with Crippen molar-refractivity contribution in [2.24, 2.45) is 0 Å². The van der Waals surface area contributed by atoms with Gasteiger partial charge in [-0.2, -0.15) is 0 Å². The summed E-state index contributed by atoms with van der Waals surface area (Å²) >= 11 is 0. The van der Waals surface area contributed by atoms with Crippen LogP contribution in [0.2, 0.25) is 0 Å². The van der Waals surface area contributed by atoms with Crippen LogP contribution in [0.25, 0.3) is 0 Å². The molecule has 1 amide bonds. The van der Waals surface area contributed by atoms with Crippen LogP contribution in [0.3, 0.4) is 0 Å². The van der Waals surface area contributed by atoms with E-state index in [1.807, 2.05) is 18.2 Å². The summed E-state index contributed by atoms with van der Waals surface area (Å²) in [6, 6.07) is 15.5. The molecule has 0 aromatic heterocycles. The van der Waals surface area contributed by atoms with Gasteiger partial charge in [-0.1, -0.05) is 24.3 Å². The van der Waals surface area contributed by atoms with Gasteiger partial charge in [0.1, 0.15) is 11.5 Å². The lowest BCUT2D eigenvalue weighted by molar-refractivity contribution is -0.127. The highest BCUT2D eigenvalue weighted by atomic mass is 16.5. The number of nitrogens with zero attached hydrogens (tertiary/aromatic N) is 1. The van der Waals surface area contributed by atoms with Gasteiger partial charge >= 0.3 is 0 Å². The van der Waals surface area contributed by atoms with E-state index in [0.717, 1.165) is 30.9 Å². The second-order valence-corrected chi connectivity index (χ2v) is 6.91. The first-order chi connectivity index (χ1) is 13.2. The van der Waals surface area contributed by atoms with Gasteiger partial charge in [0.05, 0.1) is 7.11 Å². The lowest BCUT2D eigenvalue weighted by Crippen LogP contribution is -2.36. The van der Waals surface area contributed by atoms with Crippen molar-refractivity contribution < 1.29 is 14.3 Å². The first-order valence-electron chi connectivity index (χ1n) is 9.53. The number of ether oxygens (including phenoxy) is 2. The fraction of sp³-hybridized carbons (Fsp3) is 0.409. The first-order valence-corrected chi connectivity index (χ1v) is 9.53. The Balaban J connectivity index is 1.53. The summed E-state index contributed by atoms with van der Waals surface area (Å²) < 4.78 is 10.9. The van der Waals surface area contributed by atoms with Crippen LogP contribution in [0.5, 0.6) is 11.5 Å². The Labute approximate surface area is 161 Å². The van der Waals surface area contributed by atoms with Crippen LogP contribution in [0.15, 0.2) is 48.5 Å². The van der Waals surface area contributed by atoms with Crippen LogP contribution in [-0.2, 0) is 17.9 Å². The van der Waals surface area contributed by atoms with Gasteiger partial charge in [-0.3, -0.25) is 9.69 Å². The molecule has 5 nitrogen and oxygen atoms in total. The number of amides is 1. The molecule has 1 fully saturated rings. The Morgan fingerprint density at radius 2 is 1.67 bits per heavy atom. The number of hydrogen-bond donors (Lipinski definition) is 1. The second kappa shape index (κ2) is 9.42. The third-order valence-electron chi connectivity index (χ3n) is 4.91. The van der Waals surface area contributed by atoms with Crippen LogP contribution in [0, 0.1) is 0 Å². The van der Waals surface area contributed by atoms with E-state index >= 15 is 0 Å². The fourth-order valence-electron chi connectivity index (χ4n) is 3.30. The van der Waals surface area contributed by atoms with E-state index in [9.17, 15) is 4.79 Å². The number of carbonyl (C=O) groups excluding carboxylic acids is 1. The maximum Gasteiger partial charge on any atom is 0.261 e. The maximum absolute atomic E-state index is 12.4. The van der Waals surface area contributed by atoms with Gasteiger partial charge in [-0.15, -0.1) is 0 Å². The summed E-state index contributed by atoms with van der Waals surface area (Å²) in [5.74, 6) is 1.28. The minimum absolute atomic E-state index is 0.123. The molecular weight excluding hydrogens is 340 g/mol. The number of likely N-dealkylation sites (tertiary alicyclic amines) is 1. The van der Waals surface area contributed by atoms with E-state index in [0.29, 0.717) is 12.3 Å². The normalized spacial score (nSPS) is 15.3. The number of nitrogens with one attached hydrogen (secondary N) is 1. The van der Waals surface area contributed by atoms with Crippen molar-refractivity contribution in [2.75, 3.05) is 20.2 Å². The van der Waals surface area contributed by atoms with Crippen molar-refractivity contribution in [3.8, 4) is 11.5 Å². The molecule has 1 saturated heterocycles. The van der Waals surface area contributed by atoms with Gasteiger partial charge in [0.15, 0.2) is 6.10 Å². The van der Waals surface area contributed by atoms with Crippen molar-refractivity contribution in [1.29, 1.82) is 0 Å². The molecule has 3 rings (SSSR count). The minimum Gasteiger partial charge on any atom is -0.497 e. The number of hydrogen-bond acceptors (Lipinski definition) is 4. The average molecular weight is 368 g/mol. The molecule has 0 radical (unpaired) electrons. The molecule has 0 bridgehead atoms. The largest absolute Gasteiger partial charge is 0.497 e. The zero-order valence-electron chi connectivity index (χ0n) is 16.1. The maximum atomic E-state index is 12.4. The average Bonchev–Trinajstić information content (AvgIpc) is 3.20. The van der Waals surface area contributed by atoms with Gasteiger partial charge in [-0.25, -0.2) is 0 Å². The van der Waals surface area contributed by atoms with Crippen molar-refractivity contribution >= 4 is 5.91 Å². The number of methoxy groups -OCH3 is 1. The molecule has 1 N–H and O–H groups in total. The fourth-order valence-corrected chi connectivity index (χ4v) is 3.30. The Hall–Kier alpha value is -2.53. The standard InChI is InChI=1S/C22H28N2O3/c1-17(27-21-11-9-20(26-2)10-12-21)22(25)23-15-18-7-3-4-8-19(18)16-24-13-5-6-14-24/h3-4,7-12,17H,5-6,13-16H2,1-2H3,(H,23,25)/t17-/m0/s1. The van der Waals surface area contributed by atoms with Crippen LogP contribution in [-0.4, -0.2) is 37.1 Å². The lowest BCUT2D eigenvalue weighted by Gasteiger charge is -2.19. The Bertz CT molecular complexity index is 739. The predicted octanol–water partition coefficient (Wildman–Crippen LogP) is 3.37. The highest BCUT2D eigenvalue weighted by Crippen LogP contribution is 2.19. The molecule has 5 heteroatoms. The molecule has 1 atom stereocenters. The zero-order chi connectivity index (χ0) is 19.1. The topological polar surface area (TPSA) is 50.8 Å². The lowest BCUT2D eigenvalue weighted by atomic mass is 10.1. The SMILES string of the molecule is COc1ccc(O[C@@H](C)C(=O)NCc2ccccc2CN2CCCC2)cc1. The van der Waals surface area contributed by atoms with E-state index < -0.39 is 6.10 Å². The number of rotatable bonds is 8. The summed E-state index contributed by atoms with van der Waals surface area (Å²) in [5.41, 5.74) is 2.44. The monoisotopic (exact) mass is 368 g/mol. The van der Waals surface area contributed by atoms with E-state index in [4.69, 9.17) is 9.47 Å². The van der Waals surface area contributed by atoms with Crippen molar-refractivity contribution in [2.45, 2.75) is 39.0 Å². The summed E-state index contributed by atoms with van der Waals surface area (Å²) in [4.78, 5) is 14.9. The molecule has 1 aliphatic heterocycles. The van der Waals surface area contributed by atoms with Crippen LogP contribution in [0.4, 0.5) is 0 Å². The second-order valence-electron chi connectivity index (χ2n) is 6.91. The van der Waals surface area contributed by atoms with Gasteiger partial charge < -0.3 is 14.8 Å². The van der Waals surface area contributed by atoms with E-state index in [2.05, 4.69) is 28.4 Å². The third-order valence-corrected chi connectivity index (χ3v) is 4.91. The van der Waals surface area contributed by atoms with Gasteiger partial charge in [0.2, 0.25) is 0 Å². The molecule has 2 aromatic rings. The smallest absolute Gasteiger partial charge is 0.261 e. The van der Waals surface area contributed by atoms with E-state index in [1.54, 1.807) is 26.2 Å². The zero-order valence-corrected chi connectivity index (χ0v) is 16.1. The van der Waals surface area contributed by atoms with Crippen LogP contribution in [0.1, 0.15) is 30.9 Å². The molecule has 1 aliphatic rings. The molecule has 27 heavy (non-hydrogen) atoms. The van der Waals surface area contributed by atoms with Gasteiger partial charge in [-0.05, 0) is 68.2 Å². The van der Waals surface area contributed by atoms with Crippen LogP contribution >= 0.6 is 0 Å². The molecular formula is C22H28N2O3. The molecule has 0 spiro atoms. The third kappa shape index (κ3) is 5.47. The van der Waals surface area contributed by atoms with Gasteiger partial charge in [0.25, 0.3) is 5.91 Å². The molecule has 0 aliphatic carbocycles. The van der Waals surface area contributed by atoms with Crippen molar-refractivity contribution in [1.82, 2.24) is 10.2 Å². The highest BCUT2D eigenvalue weighted by Gasteiger charge is 2.16. The van der Waals surface area contributed by atoms with Crippen molar-refractivity contribution in [3.05, 3.63) is 59.7 Å². The van der Waals surface area contributed by atoms with Crippen molar-refractivity contribution in [3.63, 3.8) is 0 Å². The molecule has 1 heterocycles. The Morgan fingerprint density at radius 3 is 2.33 bits per heavy atom. The summed E-state index contributed by atoms with van der Waals surface area (Å²) in [6.07, 6.45) is 1.99. The molecule has 2 aromatic carbocycles. The highest BCUT2D eigenvalue weighted by molar-refractivity contribution is 5.80. The van der Waals surface area contributed by atoms with E-state index in [-0.39, 0.29) is 5.91 Å². The Kier molecular flexibility index (Phi) is 6.71. The summed E-state index contributed by atoms with van der Waals surface area (Å²) in [6.45, 7) is 5.54. The summed E-state index contributed by atoms with van der Waals surface area (Å²) in [7, 11) is 1.62. The van der Waals surface area contributed by atoms with E-state index in [1.165, 1.54) is 18.4 Å². The molecule has 0 unspecified atom stereocenters. The van der Waals surface area contributed by atoms with Gasteiger partial charge in [0, 0.05) is 13.1 Å². The number of benzene rings is 2. The minimum atomic E-state index is -0.566.